The summed E-state index contributed by atoms with van der Waals surface area (Å²) >= 11 is 0. The van der Waals surface area contributed by atoms with Gasteiger partial charge in [0.25, 0.3) is 11.5 Å². The molecular formula is C19H18N6O4. The van der Waals surface area contributed by atoms with Crippen LogP contribution in [0.3, 0.4) is 0 Å². The van der Waals surface area contributed by atoms with E-state index in [0.717, 1.165) is 0 Å². The number of ether oxygens (including phenoxy) is 1. The summed E-state index contributed by atoms with van der Waals surface area (Å²) in [4.78, 5) is 30.4. The molecule has 0 aliphatic rings. The van der Waals surface area contributed by atoms with Crippen molar-refractivity contribution in [1.82, 2.24) is 19.1 Å². The molecule has 0 radical (unpaired) electrons. The molecule has 10 nitrogen and oxygen atoms in total. The van der Waals surface area contributed by atoms with Crippen LogP contribution in [0.25, 0.3) is 16.7 Å². The van der Waals surface area contributed by atoms with Crippen LogP contribution in [-0.4, -0.2) is 38.7 Å². The van der Waals surface area contributed by atoms with Crippen LogP contribution in [0.2, 0.25) is 0 Å². The fourth-order valence-electron chi connectivity index (χ4n) is 3.07. The largest absolute Gasteiger partial charge is 0.383 e. The maximum atomic E-state index is 13.0. The zero-order valence-electron chi connectivity index (χ0n) is 15.8. The molecule has 0 fully saturated rings. The van der Waals surface area contributed by atoms with Gasteiger partial charge in [0, 0.05) is 25.9 Å². The molecule has 1 amide bonds. The Morgan fingerprint density at radius 3 is 2.90 bits per heavy atom. The molecule has 2 N–H and O–H groups in total. The van der Waals surface area contributed by atoms with Gasteiger partial charge in [-0.3, -0.25) is 19.4 Å². The van der Waals surface area contributed by atoms with Crippen LogP contribution >= 0.6 is 0 Å². The average molecular weight is 394 g/mol. The monoisotopic (exact) mass is 394 g/mol. The minimum absolute atomic E-state index is 0.0176. The summed E-state index contributed by atoms with van der Waals surface area (Å²) in [5.41, 5.74) is 0.370. The SMILES string of the molecule is COCCn1c(=N)c(C(=O)Nc2cc(C)on2)cc2c(=O)n3ccccc3nc21. The van der Waals surface area contributed by atoms with E-state index in [1.165, 1.54) is 22.1 Å². The summed E-state index contributed by atoms with van der Waals surface area (Å²) in [6.07, 6.45) is 1.61. The van der Waals surface area contributed by atoms with E-state index in [-0.39, 0.29) is 41.0 Å². The number of carbonyl (C=O) groups is 1. The van der Waals surface area contributed by atoms with Crippen LogP contribution in [0.5, 0.6) is 0 Å². The van der Waals surface area contributed by atoms with Gasteiger partial charge in [-0.2, -0.15) is 0 Å². The second kappa shape index (κ2) is 7.32. The van der Waals surface area contributed by atoms with Crippen molar-refractivity contribution < 1.29 is 14.1 Å². The normalized spacial score (nSPS) is 11.2. The molecule has 4 heterocycles. The lowest BCUT2D eigenvalue weighted by Gasteiger charge is -2.14. The Morgan fingerprint density at radius 2 is 2.17 bits per heavy atom. The first-order chi connectivity index (χ1) is 14.0. The number of pyridine rings is 2. The summed E-state index contributed by atoms with van der Waals surface area (Å²) in [6, 6.07) is 8.15. The van der Waals surface area contributed by atoms with Crippen molar-refractivity contribution in [3.8, 4) is 0 Å². The summed E-state index contributed by atoms with van der Waals surface area (Å²) in [5.74, 6) is 0.187. The highest BCUT2D eigenvalue weighted by Gasteiger charge is 2.18. The van der Waals surface area contributed by atoms with Gasteiger partial charge in [-0.05, 0) is 25.1 Å². The summed E-state index contributed by atoms with van der Waals surface area (Å²) < 4.78 is 13.0. The maximum Gasteiger partial charge on any atom is 0.267 e. The predicted octanol–water partition coefficient (Wildman–Crippen LogP) is 1.32. The van der Waals surface area contributed by atoms with Gasteiger partial charge in [0.05, 0.1) is 17.6 Å². The number of hydrogen-bond acceptors (Lipinski definition) is 7. The maximum absolute atomic E-state index is 13.0. The Kier molecular flexibility index (Phi) is 4.69. The fourth-order valence-corrected chi connectivity index (χ4v) is 3.07. The first kappa shape index (κ1) is 18.6. The fraction of sp³-hybridized carbons (Fsp3) is 0.211. The molecule has 10 heteroatoms. The van der Waals surface area contributed by atoms with Gasteiger partial charge in [0.1, 0.15) is 22.5 Å². The Bertz CT molecular complexity index is 1350. The van der Waals surface area contributed by atoms with Crippen LogP contribution in [0, 0.1) is 12.3 Å². The first-order valence-corrected chi connectivity index (χ1v) is 8.82. The number of carbonyl (C=O) groups excluding carboxylic acids is 1. The molecule has 0 atom stereocenters. The Morgan fingerprint density at radius 1 is 1.34 bits per heavy atom. The van der Waals surface area contributed by atoms with Crippen molar-refractivity contribution in [2.75, 3.05) is 19.0 Å². The number of hydrogen-bond donors (Lipinski definition) is 2. The van der Waals surface area contributed by atoms with Gasteiger partial charge < -0.3 is 19.1 Å². The quantitative estimate of drug-likeness (QED) is 0.492. The molecule has 148 valence electrons. The van der Waals surface area contributed by atoms with Crippen LogP contribution < -0.4 is 16.4 Å². The van der Waals surface area contributed by atoms with Crippen molar-refractivity contribution in [2.24, 2.45) is 0 Å². The summed E-state index contributed by atoms with van der Waals surface area (Å²) in [7, 11) is 1.54. The van der Waals surface area contributed by atoms with E-state index in [9.17, 15) is 9.59 Å². The number of methoxy groups -OCH3 is 1. The van der Waals surface area contributed by atoms with Crippen molar-refractivity contribution in [2.45, 2.75) is 13.5 Å². The molecular weight excluding hydrogens is 376 g/mol. The second-order valence-corrected chi connectivity index (χ2v) is 6.41. The predicted molar refractivity (Wildman–Crippen MR) is 104 cm³/mol. The molecule has 0 aliphatic heterocycles. The van der Waals surface area contributed by atoms with Gasteiger partial charge in [-0.25, -0.2) is 4.98 Å². The van der Waals surface area contributed by atoms with E-state index in [2.05, 4.69) is 15.5 Å². The molecule has 0 unspecified atom stereocenters. The number of anilines is 1. The zero-order chi connectivity index (χ0) is 20.5. The van der Waals surface area contributed by atoms with Gasteiger partial charge >= 0.3 is 0 Å². The molecule has 4 aromatic heterocycles. The van der Waals surface area contributed by atoms with Crippen molar-refractivity contribution in [3.05, 3.63) is 63.7 Å². The third-order valence-electron chi connectivity index (χ3n) is 4.45. The molecule has 4 aromatic rings. The van der Waals surface area contributed by atoms with E-state index >= 15 is 0 Å². The zero-order valence-corrected chi connectivity index (χ0v) is 15.8. The van der Waals surface area contributed by atoms with Crippen molar-refractivity contribution in [1.29, 1.82) is 5.41 Å². The molecule has 0 aliphatic carbocycles. The molecule has 0 saturated carbocycles. The summed E-state index contributed by atoms with van der Waals surface area (Å²) in [5, 5.41) is 15.1. The second-order valence-electron chi connectivity index (χ2n) is 6.41. The molecule has 29 heavy (non-hydrogen) atoms. The third kappa shape index (κ3) is 3.29. The number of amides is 1. The van der Waals surface area contributed by atoms with Crippen LogP contribution in [0.4, 0.5) is 5.82 Å². The number of fused-ring (bicyclic) bond motifs is 2. The lowest BCUT2D eigenvalue weighted by atomic mass is 10.2. The molecule has 0 saturated heterocycles. The van der Waals surface area contributed by atoms with E-state index in [4.69, 9.17) is 14.7 Å². The Balaban J connectivity index is 1.95. The Hall–Kier alpha value is -3.79. The molecule has 0 aromatic carbocycles. The lowest BCUT2D eigenvalue weighted by Crippen LogP contribution is -2.33. The van der Waals surface area contributed by atoms with Gasteiger partial charge in [-0.1, -0.05) is 11.2 Å². The van der Waals surface area contributed by atoms with E-state index in [0.29, 0.717) is 17.1 Å². The highest BCUT2D eigenvalue weighted by molar-refractivity contribution is 6.05. The number of aryl methyl sites for hydroxylation is 1. The number of aromatic nitrogens is 4. The Labute approximate surface area is 163 Å². The van der Waals surface area contributed by atoms with E-state index in [1.807, 2.05) is 0 Å². The van der Waals surface area contributed by atoms with Gasteiger partial charge in [0.2, 0.25) is 0 Å². The first-order valence-electron chi connectivity index (χ1n) is 8.82. The van der Waals surface area contributed by atoms with Crippen LogP contribution in [0.15, 0.2) is 45.8 Å². The van der Waals surface area contributed by atoms with E-state index < -0.39 is 5.91 Å². The number of rotatable bonds is 5. The highest BCUT2D eigenvalue weighted by atomic mass is 16.5. The average Bonchev–Trinajstić information content (AvgIpc) is 3.12. The van der Waals surface area contributed by atoms with Gasteiger partial charge in [0.15, 0.2) is 5.82 Å². The van der Waals surface area contributed by atoms with Crippen LogP contribution in [0.1, 0.15) is 16.1 Å². The molecule has 0 spiro atoms. The number of nitrogens with zero attached hydrogens (tertiary/aromatic N) is 4. The minimum atomic E-state index is -0.575. The minimum Gasteiger partial charge on any atom is -0.383 e. The van der Waals surface area contributed by atoms with Crippen LogP contribution in [-0.2, 0) is 11.3 Å². The van der Waals surface area contributed by atoms with Crippen molar-refractivity contribution in [3.63, 3.8) is 0 Å². The topological polar surface area (TPSA) is 128 Å². The standard InChI is InChI=1S/C19H18N6O4/c1-11-9-14(23-29-11)21-18(26)12-10-13-17(25(16(12)20)7-8-28-2)22-15-5-3-4-6-24(15)19(13)27/h3-6,9-10,20H,7-8H2,1-2H3,(H,21,23,26). The molecule has 4 rings (SSSR count). The molecule has 0 bridgehead atoms. The number of nitrogens with one attached hydrogen (secondary N) is 2. The summed E-state index contributed by atoms with van der Waals surface area (Å²) in [6.45, 7) is 2.24. The highest BCUT2D eigenvalue weighted by Crippen LogP contribution is 2.12. The third-order valence-corrected chi connectivity index (χ3v) is 4.45. The smallest absolute Gasteiger partial charge is 0.267 e. The van der Waals surface area contributed by atoms with Gasteiger partial charge in [-0.15, -0.1) is 0 Å². The van der Waals surface area contributed by atoms with E-state index in [1.54, 1.807) is 37.4 Å². The lowest BCUT2D eigenvalue weighted by molar-refractivity contribution is 0.102. The van der Waals surface area contributed by atoms with Crippen molar-refractivity contribution >= 4 is 28.4 Å².